The maximum absolute atomic E-state index is 14.4. The number of nitrogens with zero attached hydrogens (tertiary/aromatic N) is 3. The van der Waals surface area contributed by atoms with E-state index in [0.717, 1.165) is 31.4 Å². The summed E-state index contributed by atoms with van der Waals surface area (Å²) in [4.78, 5) is 40.5. The molecule has 250 valence electrons. The molecule has 3 saturated carbocycles. The van der Waals surface area contributed by atoms with Gasteiger partial charge in [-0.3, -0.25) is 14.6 Å². The number of nitrogens with two attached hydrogens (primary N) is 1. The maximum atomic E-state index is 14.4. The van der Waals surface area contributed by atoms with Gasteiger partial charge in [0.25, 0.3) is 5.91 Å². The number of amides is 2. The summed E-state index contributed by atoms with van der Waals surface area (Å²) in [7, 11) is 1.50. The van der Waals surface area contributed by atoms with E-state index >= 15 is 0 Å². The molecule has 0 spiro atoms. The van der Waals surface area contributed by atoms with Gasteiger partial charge in [-0.15, -0.1) is 0 Å². The Bertz CT molecular complexity index is 1990. The molecule has 13 heteroatoms. The molecular formula is C35H34ClF2N5O5. The molecule has 0 radical (unpaired) electrons. The zero-order valence-electron chi connectivity index (χ0n) is 26.4. The lowest BCUT2D eigenvalue weighted by Gasteiger charge is -2.40. The molecule has 0 unspecified atom stereocenters. The number of primary amides is 1. The van der Waals surface area contributed by atoms with Gasteiger partial charge in [-0.1, -0.05) is 11.6 Å². The molecular weight excluding hydrogens is 644 g/mol. The normalized spacial score (nSPS) is 22.1. The van der Waals surface area contributed by atoms with Crippen molar-refractivity contribution in [2.45, 2.75) is 74.5 Å². The van der Waals surface area contributed by atoms with E-state index in [9.17, 15) is 18.4 Å². The van der Waals surface area contributed by atoms with Crippen LogP contribution in [0.1, 0.15) is 96.4 Å². The number of carbonyl (C=O) groups is 2. The number of hydrogen-bond acceptors (Lipinski definition) is 8. The fourth-order valence-electron chi connectivity index (χ4n) is 6.88. The zero-order chi connectivity index (χ0) is 33.5. The summed E-state index contributed by atoms with van der Waals surface area (Å²) in [5, 5.41) is 3.38. The second kappa shape index (κ2) is 11.1. The van der Waals surface area contributed by atoms with Crippen molar-refractivity contribution in [1.82, 2.24) is 20.3 Å². The van der Waals surface area contributed by atoms with Gasteiger partial charge >= 0.3 is 0 Å². The highest BCUT2D eigenvalue weighted by Gasteiger charge is 2.50. The summed E-state index contributed by atoms with van der Waals surface area (Å²) in [6.45, 7) is 1.68. The molecule has 0 saturated heterocycles. The third-order valence-electron chi connectivity index (χ3n) is 10.2. The molecule has 3 aromatic heterocycles. The Hall–Kier alpha value is -4.32. The number of ether oxygens (including phenoxy) is 2. The van der Waals surface area contributed by atoms with Crippen LogP contribution in [0.25, 0.3) is 22.4 Å². The average Bonchev–Trinajstić information content (AvgIpc) is 3.99. The minimum Gasteiger partial charge on any atom is -0.494 e. The quantitative estimate of drug-likeness (QED) is 0.197. The number of fused-ring (bicyclic) bond motifs is 2. The van der Waals surface area contributed by atoms with Crippen molar-refractivity contribution < 1.29 is 32.3 Å². The van der Waals surface area contributed by atoms with Crippen molar-refractivity contribution in [2.75, 3.05) is 20.3 Å². The predicted molar refractivity (Wildman–Crippen MR) is 172 cm³/mol. The molecule has 2 atom stereocenters. The molecule has 48 heavy (non-hydrogen) atoms. The minimum atomic E-state index is -2.82. The molecule has 8 rings (SSSR count). The maximum Gasteiger partial charge on any atom is 0.251 e. The van der Waals surface area contributed by atoms with Gasteiger partial charge in [-0.2, -0.15) is 0 Å². The van der Waals surface area contributed by atoms with E-state index in [4.69, 9.17) is 36.2 Å². The summed E-state index contributed by atoms with van der Waals surface area (Å²) >= 11 is 6.91. The van der Waals surface area contributed by atoms with Crippen LogP contribution < -0.4 is 20.5 Å². The smallest absolute Gasteiger partial charge is 0.251 e. The second-order valence-corrected chi connectivity index (χ2v) is 14.2. The summed E-state index contributed by atoms with van der Waals surface area (Å²) in [5.41, 5.74) is 8.61. The first-order valence-corrected chi connectivity index (χ1v) is 16.6. The third-order valence-corrected chi connectivity index (χ3v) is 10.6. The topological polar surface area (TPSA) is 142 Å². The number of halogens is 3. The Morgan fingerprint density at radius 1 is 1.15 bits per heavy atom. The molecule has 4 aliphatic rings. The average molecular weight is 678 g/mol. The Kier molecular flexibility index (Phi) is 7.17. The number of rotatable bonds is 10. The number of nitrogens with one attached hydrogen (secondary N) is 1. The fourth-order valence-corrected chi connectivity index (χ4v) is 7.24. The van der Waals surface area contributed by atoms with E-state index in [-0.39, 0.29) is 43.4 Å². The van der Waals surface area contributed by atoms with Crippen LogP contribution in [0.5, 0.6) is 11.5 Å². The number of alkyl halides is 2. The Morgan fingerprint density at radius 3 is 2.56 bits per heavy atom. The van der Waals surface area contributed by atoms with Crippen molar-refractivity contribution in [2.24, 2.45) is 11.7 Å². The largest absolute Gasteiger partial charge is 0.494 e. The molecule has 10 nitrogen and oxygen atoms in total. The van der Waals surface area contributed by atoms with E-state index in [2.05, 4.69) is 15.3 Å². The minimum absolute atomic E-state index is 0.000429. The van der Waals surface area contributed by atoms with Crippen LogP contribution in [0.2, 0.25) is 5.02 Å². The van der Waals surface area contributed by atoms with Gasteiger partial charge in [-0.25, -0.2) is 18.7 Å². The van der Waals surface area contributed by atoms with Gasteiger partial charge in [0.2, 0.25) is 11.8 Å². The number of oxazole rings is 1. The van der Waals surface area contributed by atoms with Crippen LogP contribution in [0.3, 0.4) is 0 Å². The number of benzene rings is 1. The van der Waals surface area contributed by atoms with E-state index in [1.165, 1.54) is 7.11 Å². The number of aromatic nitrogens is 3. The van der Waals surface area contributed by atoms with E-state index in [0.29, 0.717) is 56.0 Å². The van der Waals surface area contributed by atoms with Crippen LogP contribution >= 0.6 is 11.6 Å². The summed E-state index contributed by atoms with van der Waals surface area (Å²) in [6, 6.07) is 6.65. The van der Waals surface area contributed by atoms with Crippen LogP contribution in [-0.2, 0) is 10.2 Å². The lowest BCUT2D eigenvalue weighted by Crippen LogP contribution is -2.43. The standard InChI is InChI=1S/C35H34ClF2N5O5/c1-34(33(39)45)15-47-30-22(34)11-23(42-28(30)20-7-8-40-27(26(20)36)16-3-4-16)21(19-12-35(37,38)13-19)14-41-31(44)18-9-24(46-2)29-25(10-18)48-32(43-29)17-5-6-17/h7-11,16-17,19,21H,3-6,12-15H2,1-2H3,(H2,39,45)(H,41,44)/t21-,34-/m0/s1. The van der Waals surface area contributed by atoms with E-state index in [1.807, 2.05) is 0 Å². The van der Waals surface area contributed by atoms with Crippen molar-refractivity contribution in [1.29, 1.82) is 0 Å². The third kappa shape index (κ3) is 5.24. The zero-order valence-corrected chi connectivity index (χ0v) is 27.2. The summed E-state index contributed by atoms with van der Waals surface area (Å²) in [6.07, 6.45) is 4.89. The molecule has 2 amide bonds. The molecule has 3 aliphatic carbocycles. The van der Waals surface area contributed by atoms with E-state index in [1.54, 1.807) is 37.4 Å². The predicted octanol–water partition coefficient (Wildman–Crippen LogP) is 6.40. The lowest BCUT2D eigenvalue weighted by atomic mass is 9.71. The number of pyridine rings is 2. The molecule has 1 aliphatic heterocycles. The number of carbonyl (C=O) groups excluding carboxylic acids is 2. The van der Waals surface area contributed by atoms with Crippen molar-refractivity contribution >= 4 is 34.5 Å². The lowest BCUT2D eigenvalue weighted by molar-refractivity contribution is -0.123. The molecule has 4 heterocycles. The summed E-state index contributed by atoms with van der Waals surface area (Å²) < 4.78 is 46.3. The molecule has 3 fully saturated rings. The number of hydrogen-bond donors (Lipinski definition) is 2. The van der Waals surface area contributed by atoms with Crippen LogP contribution in [-0.4, -0.2) is 53.0 Å². The molecule has 0 bridgehead atoms. The van der Waals surface area contributed by atoms with Crippen LogP contribution in [0.4, 0.5) is 8.78 Å². The molecule has 1 aromatic carbocycles. The van der Waals surface area contributed by atoms with Crippen LogP contribution in [0, 0.1) is 5.92 Å². The second-order valence-electron chi connectivity index (χ2n) is 13.8. The SMILES string of the molecule is COc1cc(C(=O)NC[C@H](c2cc3c(c(-c4ccnc(C5CC5)c4Cl)n2)OC[C@]3(C)C(N)=O)C2CC(F)(F)C2)cc2oc(C3CC3)nc12. The van der Waals surface area contributed by atoms with Crippen molar-refractivity contribution in [3.05, 3.63) is 63.9 Å². The Balaban J connectivity index is 1.17. The molecule has 3 N–H and O–H groups in total. The fraction of sp³-hybridized carbons (Fsp3) is 0.457. The van der Waals surface area contributed by atoms with Crippen LogP contribution in [0.15, 0.2) is 34.9 Å². The molecule has 4 aromatic rings. The first-order valence-electron chi connectivity index (χ1n) is 16.2. The van der Waals surface area contributed by atoms with Gasteiger partial charge < -0.3 is 24.9 Å². The Morgan fingerprint density at radius 2 is 1.90 bits per heavy atom. The van der Waals surface area contributed by atoms with Gasteiger partial charge in [0.15, 0.2) is 17.0 Å². The first-order chi connectivity index (χ1) is 23.0. The number of methoxy groups -OCH3 is 1. The van der Waals surface area contributed by atoms with Gasteiger partial charge in [0, 0.05) is 65.7 Å². The highest BCUT2D eigenvalue weighted by atomic mass is 35.5. The summed E-state index contributed by atoms with van der Waals surface area (Å²) in [5.74, 6) is -3.06. The van der Waals surface area contributed by atoms with Crippen molar-refractivity contribution in [3.63, 3.8) is 0 Å². The first kappa shape index (κ1) is 31.0. The van der Waals surface area contributed by atoms with Gasteiger partial charge in [-0.05, 0) is 62.8 Å². The monoisotopic (exact) mass is 677 g/mol. The van der Waals surface area contributed by atoms with E-state index < -0.39 is 35.0 Å². The highest BCUT2D eigenvalue weighted by molar-refractivity contribution is 6.34. The van der Waals surface area contributed by atoms with Gasteiger partial charge in [0.05, 0.1) is 17.8 Å². The van der Waals surface area contributed by atoms with Crippen molar-refractivity contribution in [3.8, 4) is 22.8 Å². The van der Waals surface area contributed by atoms with Gasteiger partial charge in [0.1, 0.15) is 29.2 Å². The Labute approximate surface area is 279 Å². The highest BCUT2D eigenvalue weighted by Crippen LogP contribution is 2.52.